The number of rotatable bonds is 7. The van der Waals surface area contributed by atoms with Gasteiger partial charge in [0.15, 0.2) is 0 Å². The molecule has 1 heterocycles. The van der Waals surface area contributed by atoms with E-state index in [0.717, 1.165) is 17.0 Å². The Bertz CT molecular complexity index is 382. The predicted octanol–water partition coefficient (Wildman–Crippen LogP) is 2.93. The quantitative estimate of drug-likeness (QED) is 0.598. The molecule has 0 bridgehead atoms. The number of hydrogen-bond acceptors (Lipinski definition) is 3. The highest BCUT2D eigenvalue weighted by molar-refractivity contribution is 7.99. The van der Waals surface area contributed by atoms with Gasteiger partial charge in [0.1, 0.15) is 0 Å². The topological polar surface area (TPSA) is 29.1 Å². The number of carbonyl (C=O) groups is 1. The Labute approximate surface area is 104 Å². The molecule has 1 amide bonds. The maximum atomic E-state index is 10.2. The molecular formula is C12H15NOS2. The molecule has 0 radical (unpaired) electrons. The van der Waals surface area contributed by atoms with Crippen LogP contribution in [0.25, 0.3) is 5.57 Å². The van der Waals surface area contributed by atoms with Crippen molar-refractivity contribution in [1.82, 2.24) is 5.32 Å². The highest BCUT2D eigenvalue weighted by Crippen LogP contribution is 2.26. The number of carbonyl (C=O) groups excluding carboxylic acids is 1. The van der Waals surface area contributed by atoms with E-state index in [4.69, 9.17) is 0 Å². The molecule has 2 nitrogen and oxygen atoms in total. The van der Waals surface area contributed by atoms with Crippen LogP contribution < -0.4 is 5.32 Å². The lowest BCUT2D eigenvalue weighted by Crippen LogP contribution is -2.07. The molecule has 0 aliphatic heterocycles. The lowest BCUT2D eigenvalue weighted by Gasteiger charge is -2.01. The summed E-state index contributed by atoms with van der Waals surface area (Å²) in [6.07, 6.45) is 6.66. The summed E-state index contributed by atoms with van der Waals surface area (Å²) in [5.74, 6) is 0.979. The second-order valence-corrected chi connectivity index (χ2v) is 5.16. The molecule has 0 fully saturated rings. The van der Waals surface area contributed by atoms with Gasteiger partial charge in [0.25, 0.3) is 0 Å². The van der Waals surface area contributed by atoms with E-state index < -0.39 is 0 Å². The van der Waals surface area contributed by atoms with Crippen LogP contribution in [0.1, 0.15) is 9.75 Å². The molecule has 1 aromatic heterocycles. The maximum absolute atomic E-state index is 10.2. The van der Waals surface area contributed by atoms with Crippen LogP contribution >= 0.6 is 23.1 Å². The minimum Gasteiger partial charge on any atom is -0.354 e. The Morgan fingerprint density at radius 2 is 2.44 bits per heavy atom. The molecule has 0 aliphatic carbocycles. The summed E-state index contributed by atoms with van der Waals surface area (Å²) in [4.78, 5) is 12.6. The molecule has 0 atom stereocenters. The van der Waals surface area contributed by atoms with Crippen molar-refractivity contribution >= 4 is 35.1 Å². The molecule has 1 rings (SSSR count). The van der Waals surface area contributed by atoms with Crippen molar-refractivity contribution in [1.29, 1.82) is 0 Å². The van der Waals surface area contributed by atoms with Gasteiger partial charge in [0.05, 0.1) is 6.54 Å². The summed E-state index contributed by atoms with van der Waals surface area (Å²) in [6.45, 7) is 4.33. The molecule has 0 spiro atoms. The Hall–Kier alpha value is -1.00. The average molecular weight is 253 g/mol. The van der Waals surface area contributed by atoms with Crippen LogP contribution in [0.2, 0.25) is 0 Å². The van der Waals surface area contributed by atoms with Crippen molar-refractivity contribution in [3.63, 3.8) is 0 Å². The summed E-state index contributed by atoms with van der Waals surface area (Å²) >= 11 is 3.50. The van der Waals surface area contributed by atoms with Crippen molar-refractivity contribution in [2.45, 2.75) is 6.54 Å². The zero-order valence-corrected chi connectivity index (χ0v) is 10.9. The van der Waals surface area contributed by atoms with Gasteiger partial charge >= 0.3 is 0 Å². The van der Waals surface area contributed by atoms with E-state index >= 15 is 0 Å². The summed E-state index contributed by atoms with van der Waals surface area (Å²) in [5.41, 5.74) is 1.28. The molecular weight excluding hydrogens is 238 g/mol. The van der Waals surface area contributed by atoms with E-state index in [1.54, 1.807) is 23.1 Å². The van der Waals surface area contributed by atoms with E-state index in [1.165, 1.54) is 10.5 Å². The lowest BCUT2D eigenvalue weighted by molar-refractivity contribution is -0.109. The number of thioether (sulfide) groups is 1. The Morgan fingerprint density at radius 1 is 1.62 bits per heavy atom. The van der Waals surface area contributed by atoms with Crippen LogP contribution in [0, 0.1) is 0 Å². The lowest BCUT2D eigenvalue weighted by atomic mass is 10.2. The summed E-state index contributed by atoms with van der Waals surface area (Å²) in [6, 6.07) is 4.14. The first-order chi connectivity index (χ1) is 7.81. The van der Waals surface area contributed by atoms with E-state index in [-0.39, 0.29) is 0 Å². The summed E-state index contributed by atoms with van der Waals surface area (Å²) < 4.78 is 0. The zero-order valence-electron chi connectivity index (χ0n) is 9.23. The number of allylic oxidation sites excluding steroid dienone is 2. The first-order valence-electron chi connectivity index (χ1n) is 4.88. The van der Waals surface area contributed by atoms with E-state index in [0.29, 0.717) is 6.54 Å². The standard InChI is InChI=1S/C12H15NOS2/c1-3-4-10(8-15-2)12-6-5-11(16-12)7-13-9-14/h3-6,9H,1,7-8H2,2H3,(H,13,14)/b10-4+. The SMILES string of the molecule is C=C/C=C(\CSC)c1ccc(CNC=O)s1. The first kappa shape index (κ1) is 13.1. The summed E-state index contributed by atoms with van der Waals surface area (Å²) in [5, 5.41) is 2.67. The van der Waals surface area contributed by atoms with Gasteiger partial charge in [-0.1, -0.05) is 18.7 Å². The molecule has 4 heteroatoms. The number of nitrogens with one attached hydrogen (secondary N) is 1. The van der Waals surface area contributed by atoms with Crippen molar-refractivity contribution in [2.75, 3.05) is 12.0 Å². The molecule has 0 saturated carbocycles. The van der Waals surface area contributed by atoms with Gasteiger partial charge in [0, 0.05) is 15.5 Å². The largest absolute Gasteiger partial charge is 0.354 e. The van der Waals surface area contributed by atoms with Gasteiger partial charge in [-0.05, 0) is 24.0 Å². The van der Waals surface area contributed by atoms with E-state index in [2.05, 4.69) is 24.2 Å². The first-order valence-corrected chi connectivity index (χ1v) is 7.09. The minimum atomic E-state index is 0.606. The third-order valence-corrected chi connectivity index (χ3v) is 3.72. The van der Waals surface area contributed by atoms with Gasteiger partial charge in [-0.3, -0.25) is 4.79 Å². The van der Waals surface area contributed by atoms with Gasteiger partial charge in [0.2, 0.25) is 6.41 Å². The van der Waals surface area contributed by atoms with Crippen molar-refractivity contribution in [2.24, 2.45) is 0 Å². The second kappa shape index (κ2) is 7.30. The van der Waals surface area contributed by atoms with Crippen LogP contribution in [0.4, 0.5) is 0 Å². The highest BCUT2D eigenvalue weighted by atomic mass is 32.2. The normalized spacial score (nSPS) is 11.2. The monoisotopic (exact) mass is 253 g/mol. The third-order valence-electron chi connectivity index (χ3n) is 1.96. The number of thiophene rings is 1. The smallest absolute Gasteiger partial charge is 0.207 e. The summed E-state index contributed by atoms with van der Waals surface area (Å²) in [7, 11) is 0. The second-order valence-electron chi connectivity index (χ2n) is 3.13. The van der Waals surface area contributed by atoms with Crippen LogP contribution in [-0.2, 0) is 11.3 Å². The highest BCUT2D eigenvalue weighted by Gasteiger charge is 2.04. The molecule has 0 aliphatic rings. The number of amides is 1. The van der Waals surface area contributed by atoms with Gasteiger partial charge < -0.3 is 5.32 Å². The third kappa shape index (κ3) is 3.87. The number of hydrogen-bond donors (Lipinski definition) is 1. The van der Waals surface area contributed by atoms with Crippen molar-refractivity contribution in [3.8, 4) is 0 Å². The van der Waals surface area contributed by atoms with Crippen LogP contribution in [-0.4, -0.2) is 18.4 Å². The van der Waals surface area contributed by atoms with E-state index in [1.807, 2.05) is 18.2 Å². The van der Waals surface area contributed by atoms with E-state index in [9.17, 15) is 4.79 Å². The van der Waals surface area contributed by atoms with Gasteiger partial charge in [-0.2, -0.15) is 11.8 Å². The Morgan fingerprint density at radius 3 is 3.06 bits per heavy atom. The van der Waals surface area contributed by atoms with Crippen molar-refractivity contribution < 1.29 is 4.79 Å². The van der Waals surface area contributed by atoms with Crippen LogP contribution in [0.15, 0.2) is 30.9 Å². The average Bonchev–Trinajstić information content (AvgIpc) is 2.74. The molecule has 0 unspecified atom stereocenters. The fourth-order valence-electron chi connectivity index (χ4n) is 1.29. The maximum Gasteiger partial charge on any atom is 0.207 e. The fourth-order valence-corrected chi connectivity index (χ4v) is 2.92. The van der Waals surface area contributed by atoms with Gasteiger partial charge in [-0.25, -0.2) is 0 Å². The van der Waals surface area contributed by atoms with Crippen LogP contribution in [0.3, 0.4) is 0 Å². The fraction of sp³-hybridized carbons (Fsp3) is 0.250. The molecule has 0 aromatic carbocycles. The van der Waals surface area contributed by atoms with Gasteiger partial charge in [-0.15, -0.1) is 11.3 Å². The molecule has 16 heavy (non-hydrogen) atoms. The predicted molar refractivity (Wildman–Crippen MR) is 73.8 cm³/mol. The molecule has 1 N–H and O–H groups in total. The van der Waals surface area contributed by atoms with Crippen LogP contribution in [0.5, 0.6) is 0 Å². The van der Waals surface area contributed by atoms with Crippen molar-refractivity contribution in [3.05, 3.63) is 40.6 Å². The molecule has 1 aromatic rings. The molecule has 86 valence electrons. The Balaban J connectivity index is 2.77. The molecule has 0 saturated heterocycles. The minimum absolute atomic E-state index is 0.606. The Kier molecular flexibility index (Phi) is 5.96. The zero-order chi connectivity index (χ0) is 11.8.